The molecule has 8 heteroatoms. The summed E-state index contributed by atoms with van der Waals surface area (Å²) in [6.07, 6.45) is 5.59. The van der Waals surface area contributed by atoms with E-state index in [1.165, 1.54) is 36.8 Å². The molecule has 0 amide bonds. The summed E-state index contributed by atoms with van der Waals surface area (Å²) in [6.45, 7) is 4.52. The minimum Gasteiger partial charge on any atom is -0.508 e. The number of halogens is 5. The smallest absolute Gasteiger partial charge is 0.453 e. The van der Waals surface area contributed by atoms with Gasteiger partial charge in [0.05, 0.1) is 0 Å². The van der Waals surface area contributed by atoms with Crippen LogP contribution in [0.2, 0.25) is 0 Å². The lowest BCUT2D eigenvalue weighted by atomic mass is 9.68. The highest BCUT2D eigenvalue weighted by Gasteiger charge is 2.56. The predicted octanol–water partition coefficient (Wildman–Crippen LogP) is 11.5. The first kappa shape index (κ1) is 34.5. The van der Waals surface area contributed by atoms with Crippen molar-refractivity contribution in [3.05, 3.63) is 53.6 Å². The Morgan fingerprint density at radius 3 is 1.95 bits per heavy atom. The number of rotatable bonds is 17. The van der Waals surface area contributed by atoms with Crippen LogP contribution < -0.4 is 0 Å². The lowest BCUT2D eigenvalue weighted by Crippen LogP contribution is -2.36. The minimum atomic E-state index is -5.44. The van der Waals surface area contributed by atoms with E-state index in [0.29, 0.717) is 30.4 Å². The Balaban J connectivity index is 1.32. The number of hydrogen-bond acceptors (Lipinski definition) is 3. The molecule has 1 aliphatic heterocycles. The van der Waals surface area contributed by atoms with Crippen LogP contribution in [0.25, 0.3) is 0 Å². The number of aromatic hydroxyl groups is 2. The maximum Gasteiger partial charge on any atom is 0.453 e. The lowest BCUT2D eigenvalue weighted by molar-refractivity contribution is -0.284. The quantitative estimate of drug-likeness (QED) is 0.138. The molecule has 1 aliphatic rings. The van der Waals surface area contributed by atoms with Gasteiger partial charge in [-0.05, 0) is 60.1 Å². The van der Waals surface area contributed by atoms with Crippen LogP contribution in [0.5, 0.6) is 11.5 Å². The van der Waals surface area contributed by atoms with Crippen molar-refractivity contribution in [2.75, 3.05) is 5.75 Å². The SMILES string of the molecule is CC(CCCCCCCC[C@@H]1c2ccc(O)cc2SC[C@]1(C)c1ccc(O)cc1)CCCCCCC(F)(F)C(F)(F)F. The molecule has 0 aliphatic carbocycles. The average Bonchev–Trinajstić information content (AvgIpc) is 2.92. The Hall–Kier alpha value is -1.96. The Bertz CT molecular complexity index is 1090. The molecule has 2 nitrogen and oxygen atoms in total. The van der Waals surface area contributed by atoms with Crippen molar-refractivity contribution < 1.29 is 32.2 Å². The fourth-order valence-corrected chi connectivity index (χ4v) is 7.64. The van der Waals surface area contributed by atoms with Crippen molar-refractivity contribution in [1.29, 1.82) is 0 Å². The molecule has 3 rings (SSSR count). The van der Waals surface area contributed by atoms with E-state index in [0.717, 1.165) is 49.2 Å². The van der Waals surface area contributed by atoms with Crippen LogP contribution in [0.4, 0.5) is 22.0 Å². The summed E-state index contributed by atoms with van der Waals surface area (Å²) < 4.78 is 62.6. The number of phenolic OH excluding ortho intramolecular Hbond substituents is 2. The van der Waals surface area contributed by atoms with Gasteiger partial charge in [0.1, 0.15) is 11.5 Å². The van der Waals surface area contributed by atoms with Crippen molar-refractivity contribution in [1.82, 2.24) is 0 Å². The molecule has 0 radical (unpaired) electrons. The van der Waals surface area contributed by atoms with Gasteiger partial charge >= 0.3 is 12.1 Å². The van der Waals surface area contributed by atoms with Crippen LogP contribution in [0.3, 0.4) is 0 Å². The van der Waals surface area contributed by atoms with E-state index in [1.807, 2.05) is 18.2 Å². The summed E-state index contributed by atoms with van der Waals surface area (Å²) in [5, 5.41) is 19.8. The molecule has 0 aromatic heterocycles. The van der Waals surface area contributed by atoms with E-state index in [4.69, 9.17) is 0 Å². The summed E-state index contributed by atoms with van der Waals surface area (Å²) in [5.74, 6) is -2.20. The van der Waals surface area contributed by atoms with Crippen LogP contribution >= 0.6 is 11.8 Å². The van der Waals surface area contributed by atoms with Crippen molar-refractivity contribution in [2.45, 2.75) is 132 Å². The molecule has 3 atom stereocenters. The second-order valence-corrected chi connectivity index (χ2v) is 13.5. The minimum absolute atomic E-state index is 0.0629. The third-order valence-electron chi connectivity index (χ3n) is 8.99. The van der Waals surface area contributed by atoms with Gasteiger partial charge in [0.25, 0.3) is 0 Å². The topological polar surface area (TPSA) is 40.5 Å². The maximum atomic E-state index is 13.0. The molecule has 236 valence electrons. The molecule has 2 N–H and O–H groups in total. The summed E-state index contributed by atoms with van der Waals surface area (Å²) in [6, 6.07) is 13.3. The summed E-state index contributed by atoms with van der Waals surface area (Å²) in [7, 11) is 0. The first-order valence-electron chi connectivity index (χ1n) is 15.5. The fourth-order valence-electron chi connectivity index (χ4n) is 6.24. The Morgan fingerprint density at radius 1 is 0.786 bits per heavy atom. The number of alkyl halides is 5. The second kappa shape index (κ2) is 15.7. The first-order valence-corrected chi connectivity index (χ1v) is 16.5. The highest BCUT2D eigenvalue weighted by atomic mass is 32.2. The number of fused-ring (bicyclic) bond motifs is 1. The molecule has 1 unspecified atom stereocenters. The zero-order valence-electron chi connectivity index (χ0n) is 25.0. The maximum absolute atomic E-state index is 13.0. The van der Waals surface area contributed by atoms with Gasteiger partial charge in [-0.25, -0.2) is 0 Å². The molecule has 0 fully saturated rings. The predicted molar refractivity (Wildman–Crippen MR) is 162 cm³/mol. The van der Waals surface area contributed by atoms with E-state index in [1.54, 1.807) is 30.0 Å². The lowest BCUT2D eigenvalue weighted by Gasteiger charge is -2.43. The highest BCUT2D eigenvalue weighted by Crippen LogP contribution is 2.52. The molecule has 2 aromatic rings. The van der Waals surface area contributed by atoms with Gasteiger partial charge < -0.3 is 10.2 Å². The molecule has 42 heavy (non-hydrogen) atoms. The van der Waals surface area contributed by atoms with Crippen molar-refractivity contribution >= 4 is 11.8 Å². The zero-order valence-corrected chi connectivity index (χ0v) is 25.8. The van der Waals surface area contributed by atoms with E-state index in [2.05, 4.69) is 19.9 Å². The molecule has 0 spiro atoms. The molecule has 2 aromatic carbocycles. The van der Waals surface area contributed by atoms with Crippen LogP contribution in [-0.2, 0) is 5.41 Å². The van der Waals surface area contributed by atoms with Gasteiger partial charge in [-0.2, -0.15) is 22.0 Å². The number of phenols is 2. The normalized spacial score (nSPS) is 19.9. The molecule has 0 saturated heterocycles. The summed E-state index contributed by atoms with van der Waals surface area (Å²) in [5.41, 5.74) is 2.47. The average molecular weight is 615 g/mol. The standard InChI is InChI=1S/C34H47F5O2S/c1-25(14-10-7-8-12-22-33(35,36)34(37,38)39)13-9-5-3-4-6-11-15-30-29-21-20-28(41)23-31(29)42-24-32(30,2)26-16-18-27(40)19-17-26/h16-21,23,25,30,40-41H,3-15,22,24H2,1-2H3/t25?,30-,32-/m1/s1. The van der Waals surface area contributed by atoms with Crippen LogP contribution in [-0.4, -0.2) is 28.1 Å². The van der Waals surface area contributed by atoms with Gasteiger partial charge in [-0.15, -0.1) is 11.8 Å². The molecule has 0 saturated carbocycles. The third kappa shape index (κ3) is 9.78. The van der Waals surface area contributed by atoms with E-state index in [-0.39, 0.29) is 17.6 Å². The Morgan fingerprint density at radius 2 is 1.33 bits per heavy atom. The molecule has 0 bridgehead atoms. The van der Waals surface area contributed by atoms with Gasteiger partial charge in [0.2, 0.25) is 0 Å². The third-order valence-corrected chi connectivity index (χ3v) is 10.4. The van der Waals surface area contributed by atoms with Gasteiger partial charge in [0.15, 0.2) is 0 Å². The van der Waals surface area contributed by atoms with Gasteiger partial charge in [0, 0.05) is 22.5 Å². The van der Waals surface area contributed by atoms with Crippen LogP contribution in [0, 0.1) is 5.92 Å². The summed E-state index contributed by atoms with van der Waals surface area (Å²) in [4.78, 5) is 1.16. The van der Waals surface area contributed by atoms with Gasteiger partial charge in [-0.1, -0.05) is 103 Å². The summed E-state index contributed by atoms with van der Waals surface area (Å²) >= 11 is 1.79. The zero-order chi connectivity index (χ0) is 30.8. The fraction of sp³-hybridized carbons (Fsp3) is 0.647. The molecular formula is C34H47F5O2S. The van der Waals surface area contributed by atoms with E-state index < -0.39 is 18.5 Å². The van der Waals surface area contributed by atoms with Crippen LogP contribution in [0.1, 0.15) is 121 Å². The van der Waals surface area contributed by atoms with E-state index >= 15 is 0 Å². The second-order valence-electron chi connectivity index (χ2n) is 12.5. The van der Waals surface area contributed by atoms with Crippen molar-refractivity contribution in [3.8, 4) is 11.5 Å². The van der Waals surface area contributed by atoms with Crippen molar-refractivity contribution in [2.24, 2.45) is 5.92 Å². The molecule has 1 heterocycles. The number of benzene rings is 2. The van der Waals surface area contributed by atoms with Crippen molar-refractivity contribution in [3.63, 3.8) is 0 Å². The monoisotopic (exact) mass is 614 g/mol. The molecular weight excluding hydrogens is 567 g/mol. The van der Waals surface area contributed by atoms with E-state index in [9.17, 15) is 32.2 Å². The Kier molecular flexibility index (Phi) is 12.9. The van der Waals surface area contributed by atoms with Gasteiger partial charge in [-0.3, -0.25) is 0 Å². The number of hydrogen-bond donors (Lipinski definition) is 2. The van der Waals surface area contributed by atoms with Crippen LogP contribution in [0.15, 0.2) is 47.4 Å². The largest absolute Gasteiger partial charge is 0.508 e. The number of thioether (sulfide) groups is 1. The highest BCUT2D eigenvalue weighted by molar-refractivity contribution is 7.99. The first-order chi connectivity index (χ1) is 19.8. The Labute approximate surface area is 252 Å². The number of unbranched alkanes of at least 4 members (excludes halogenated alkanes) is 8.